The fraction of sp³-hybridized carbons (Fsp3) is 0.308. The zero-order valence-corrected chi connectivity index (χ0v) is 11.6. The van der Waals surface area contributed by atoms with Crippen LogP contribution in [0.25, 0.3) is 0 Å². The van der Waals surface area contributed by atoms with Gasteiger partial charge in [0.2, 0.25) is 0 Å². The molecular weight excluding hydrogens is 280 g/mol. The Morgan fingerprint density at radius 3 is 2.43 bits per heavy atom. The van der Waals surface area contributed by atoms with Gasteiger partial charge in [-0.2, -0.15) is 0 Å². The third kappa shape index (κ3) is 5.39. The number of urea groups is 1. The maximum absolute atomic E-state index is 11.5. The second-order valence-electron chi connectivity index (χ2n) is 3.93. The number of benzene rings is 1. The third-order valence-corrected chi connectivity index (χ3v) is 2.34. The van der Waals surface area contributed by atoms with Crippen LogP contribution in [-0.2, 0) is 14.3 Å². The molecule has 0 aliphatic heterocycles. The minimum Gasteiger partial charge on any atom is -0.493 e. The van der Waals surface area contributed by atoms with E-state index in [-0.39, 0.29) is 0 Å². The van der Waals surface area contributed by atoms with E-state index in [1.807, 2.05) is 0 Å². The van der Waals surface area contributed by atoms with Gasteiger partial charge in [-0.3, -0.25) is 10.1 Å². The molecule has 0 saturated heterocycles. The summed E-state index contributed by atoms with van der Waals surface area (Å²) in [5.74, 6) is -0.753. The van der Waals surface area contributed by atoms with Crippen LogP contribution in [0.3, 0.4) is 0 Å². The maximum atomic E-state index is 11.5. The number of nitrogens with two attached hydrogens (primary N) is 1. The molecule has 3 N–H and O–H groups in total. The highest BCUT2D eigenvalue weighted by molar-refractivity contribution is 5.96. The largest absolute Gasteiger partial charge is 0.493 e. The number of hydrogen-bond acceptors (Lipinski definition) is 6. The van der Waals surface area contributed by atoms with E-state index in [2.05, 4.69) is 0 Å². The summed E-state index contributed by atoms with van der Waals surface area (Å²) in [6.45, 7) is 0.897. The topological polar surface area (TPSA) is 117 Å². The predicted octanol–water partition coefficient (Wildman–Crippen LogP) is 0.201. The Balaban J connectivity index is 2.47. The summed E-state index contributed by atoms with van der Waals surface area (Å²) >= 11 is 0. The Labute approximate surface area is 121 Å². The first-order valence-corrected chi connectivity index (χ1v) is 5.99. The van der Waals surface area contributed by atoms with Crippen molar-refractivity contribution in [2.24, 2.45) is 5.73 Å². The maximum Gasteiger partial charge on any atom is 0.344 e. The van der Waals surface area contributed by atoms with Crippen LogP contribution in [0.1, 0.15) is 6.92 Å². The number of amides is 3. The van der Waals surface area contributed by atoms with Crippen LogP contribution in [0.5, 0.6) is 11.5 Å². The number of carbonyl (C=O) groups excluding carboxylic acids is 3. The van der Waals surface area contributed by atoms with Gasteiger partial charge in [0.05, 0.1) is 7.11 Å². The molecule has 8 heteroatoms. The van der Waals surface area contributed by atoms with Crippen LogP contribution in [0, 0.1) is 0 Å². The van der Waals surface area contributed by atoms with E-state index in [9.17, 15) is 14.4 Å². The van der Waals surface area contributed by atoms with Crippen LogP contribution < -0.4 is 20.5 Å². The Morgan fingerprint density at radius 1 is 1.24 bits per heavy atom. The molecule has 0 radical (unpaired) electrons. The van der Waals surface area contributed by atoms with Gasteiger partial charge < -0.3 is 19.9 Å². The van der Waals surface area contributed by atoms with E-state index in [1.165, 1.54) is 14.0 Å². The van der Waals surface area contributed by atoms with Crippen molar-refractivity contribution in [1.82, 2.24) is 5.32 Å². The highest BCUT2D eigenvalue weighted by Gasteiger charge is 2.19. The fourth-order valence-corrected chi connectivity index (χ4v) is 1.38. The number of carbonyl (C=O) groups is 3. The van der Waals surface area contributed by atoms with Crippen molar-refractivity contribution < 1.29 is 28.6 Å². The molecule has 1 unspecified atom stereocenters. The first-order valence-electron chi connectivity index (χ1n) is 5.99. The van der Waals surface area contributed by atoms with Crippen molar-refractivity contribution in [2.45, 2.75) is 13.0 Å². The molecule has 3 amide bonds. The lowest BCUT2D eigenvalue weighted by molar-refractivity contribution is -0.156. The van der Waals surface area contributed by atoms with Crippen LogP contribution in [0.4, 0.5) is 4.79 Å². The summed E-state index contributed by atoms with van der Waals surface area (Å²) in [5, 5.41) is 1.80. The molecule has 114 valence electrons. The molecule has 0 heterocycles. The standard InChI is InChI=1S/C13H16N2O6/c1-8(12(17)15-13(14)18)21-11(16)7-20-10-6-4-3-5-9(10)19-2/h3-6,8H,7H2,1-2H3,(H3,14,15,17,18). The number of para-hydroxylation sites is 2. The van der Waals surface area contributed by atoms with E-state index in [0.717, 1.165) is 0 Å². The van der Waals surface area contributed by atoms with Crippen LogP contribution in [-0.4, -0.2) is 37.7 Å². The van der Waals surface area contributed by atoms with Crippen LogP contribution in [0.2, 0.25) is 0 Å². The molecule has 8 nitrogen and oxygen atoms in total. The van der Waals surface area contributed by atoms with Gasteiger partial charge in [0, 0.05) is 0 Å². The molecule has 0 saturated carbocycles. The molecule has 0 spiro atoms. The van der Waals surface area contributed by atoms with Crippen LogP contribution >= 0.6 is 0 Å². The van der Waals surface area contributed by atoms with Gasteiger partial charge in [-0.15, -0.1) is 0 Å². The summed E-state index contributed by atoms with van der Waals surface area (Å²) in [6, 6.07) is 5.74. The van der Waals surface area contributed by atoms with Crippen LogP contribution in [0.15, 0.2) is 24.3 Å². The zero-order valence-electron chi connectivity index (χ0n) is 11.6. The monoisotopic (exact) mass is 296 g/mol. The lowest BCUT2D eigenvalue weighted by Crippen LogP contribution is -2.42. The second-order valence-corrected chi connectivity index (χ2v) is 3.93. The Hall–Kier alpha value is -2.77. The average molecular weight is 296 g/mol. The molecule has 21 heavy (non-hydrogen) atoms. The number of ether oxygens (including phenoxy) is 3. The van der Waals surface area contributed by atoms with Gasteiger partial charge in [-0.25, -0.2) is 9.59 Å². The summed E-state index contributed by atoms with van der Waals surface area (Å²) in [7, 11) is 1.47. The second kappa shape index (κ2) is 7.73. The fourth-order valence-electron chi connectivity index (χ4n) is 1.38. The van der Waals surface area contributed by atoms with Gasteiger partial charge in [-0.1, -0.05) is 12.1 Å². The average Bonchev–Trinajstić information content (AvgIpc) is 2.44. The minimum absolute atomic E-state index is 0.367. The Kier molecular flexibility index (Phi) is 5.99. The van der Waals surface area contributed by atoms with E-state index in [0.29, 0.717) is 11.5 Å². The highest BCUT2D eigenvalue weighted by atomic mass is 16.6. The summed E-state index contributed by atoms with van der Waals surface area (Å²) in [4.78, 5) is 33.3. The number of imide groups is 1. The molecule has 0 aliphatic carbocycles. The number of hydrogen-bond donors (Lipinski definition) is 2. The first-order chi connectivity index (χ1) is 9.93. The van der Waals surface area contributed by atoms with Crippen molar-refractivity contribution in [2.75, 3.05) is 13.7 Å². The zero-order chi connectivity index (χ0) is 15.8. The van der Waals surface area contributed by atoms with E-state index >= 15 is 0 Å². The molecule has 0 aliphatic rings. The number of primary amides is 1. The van der Waals surface area contributed by atoms with E-state index in [1.54, 1.807) is 29.6 Å². The predicted molar refractivity (Wildman–Crippen MR) is 71.8 cm³/mol. The van der Waals surface area contributed by atoms with Gasteiger partial charge in [-0.05, 0) is 19.1 Å². The number of methoxy groups -OCH3 is 1. The molecule has 0 fully saturated rings. The molecule has 1 rings (SSSR count). The molecule has 1 atom stereocenters. The molecular formula is C13H16N2O6. The third-order valence-electron chi connectivity index (χ3n) is 2.34. The van der Waals surface area contributed by atoms with Crippen molar-refractivity contribution in [3.8, 4) is 11.5 Å². The van der Waals surface area contributed by atoms with Crippen molar-refractivity contribution >= 4 is 17.9 Å². The van der Waals surface area contributed by atoms with E-state index < -0.39 is 30.6 Å². The molecule has 1 aromatic rings. The van der Waals surface area contributed by atoms with Crippen molar-refractivity contribution in [3.05, 3.63) is 24.3 Å². The lowest BCUT2D eigenvalue weighted by atomic mass is 10.3. The summed E-state index contributed by atoms with van der Waals surface area (Å²) < 4.78 is 15.1. The normalized spacial score (nSPS) is 11.1. The highest BCUT2D eigenvalue weighted by Crippen LogP contribution is 2.25. The minimum atomic E-state index is -1.16. The summed E-state index contributed by atoms with van der Waals surface area (Å²) in [6.07, 6.45) is -1.16. The lowest BCUT2D eigenvalue weighted by Gasteiger charge is -2.13. The van der Waals surface area contributed by atoms with Gasteiger partial charge in [0.1, 0.15) is 0 Å². The molecule has 1 aromatic carbocycles. The quantitative estimate of drug-likeness (QED) is 0.724. The molecule has 0 aromatic heterocycles. The van der Waals surface area contributed by atoms with Crippen molar-refractivity contribution in [1.29, 1.82) is 0 Å². The molecule has 0 bridgehead atoms. The number of nitrogens with one attached hydrogen (secondary N) is 1. The summed E-state index contributed by atoms with van der Waals surface area (Å²) in [5.41, 5.74) is 4.78. The smallest absolute Gasteiger partial charge is 0.344 e. The first kappa shape index (κ1) is 16.3. The van der Waals surface area contributed by atoms with Gasteiger partial charge in [0.15, 0.2) is 24.2 Å². The Bertz CT molecular complexity index is 531. The number of rotatable bonds is 6. The van der Waals surface area contributed by atoms with Gasteiger partial charge in [0.25, 0.3) is 5.91 Å². The SMILES string of the molecule is COc1ccccc1OCC(=O)OC(C)C(=O)NC(N)=O. The van der Waals surface area contributed by atoms with Gasteiger partial charge >= 0.3 is 12.0 Å². The number of esters is 1. The Morgan fingerprint density at radius 2 is 1.86 bits per heavy atom. The van der Waals surface area contributed by atoms with E-state index in [4.69, 9.17) is 19.9 Å². The van der Waals surface area contributed by atoms with Crippen molar-refractivity contribution in [3.63, 3.8) is 0 Å².